The lowest BCUT2D eigenvalue weighted by atomic mass is 9.95. The Hall–Kier alpha value is -8.26. The molecule has 0 saturated carbocycles. The maximum Gasteiger partial charge on any atom is 0.0462 e. The fourth-order valence-electron chi connectivity index (χ4n) is 8.17. The third-order valence-corrected chi connectivity index (χ3v) is 11.7. The van der Waals surface area contributed by atoms with Gasteiger partial charge in [0.05, 0.1) is 0 Å². The number of rotatable bonds is 13. The lowest BCUT2D eigenvalue weighted by molar-refractivity contribution is 1.28. The Balaban J connectivity index is 1.06. The molecule has 0 saturated heterocycles. The zero-order valence-corrected chi connectivity index (χ0v) is 36.9. The number of benzene rings is 9. The highest BCUT2D eigenvalue weighted by atomic mass is 15.1. The van der Waals surface area contributed by atoms with Gasteiger partial charge in [0.15, 0.2) is 0 Å². The second-order valence-corrected chi connectivity index (χ2v) is 16.4. The first-order valence-electron chi connectivity index (χ1n) is 22.3. The molecule has 0 atom stereocenters. The van der Waals surface area contributed by atoms with Crippen molar-refractivity contribution >= 4 is 52.0 Å². The molecule has 65 heavy (non-hydrogen) atoms. The summed E-state index contributed by atoms with van der Waals surface area (Å²) < 4.78 is 0. The van der Waals surface area contributed by atoms with Crippen molar-refractivity contribution in [2.24, 2.45) is 0 Å². The number of hydrogen-bond donors (Lipinski definition) is 0. The van der Waals surface area contributed by atoms with Crippen LogP contribution in [0.1, 0.15) is 61.2 Å². The van der Waals surface area contributed by atoms with E-state index in [1.54, 1.807) is 0 Å². The highest BCUT2D eigenvalue weighted by molar-refractivity contribution is 5.93. The van der Waals surface area contributed by atoms with Gasteiger partial charge in [0.2, 0.25) is 0 Å². The molecule has 1 heteroatoms. The predicted octanol–water partition coefficient (Wildman–Crippen LogP) is 17.1. The van der Waals surface area contributed by atoms with Crippen molar-refractivity contribution in [3.63, 3.8) is 0 Å². The molecule has 0 aliphatic rings. The summed E-state index contributed by atoms with van der Waals surface area (Å²) in [6.07, 6.45) is 11.2. The van der Waals surface area contributed by atoms with Crippen LogP contribution in [-0.4, -0.2) is 0 Å². The van der Waals surface area contributed by atoms with Crippen molar-refractivity contribution in [2.45, 2.75) is 13.8 Å². The maximum absolute atomic E-state index is 2.34. The summed E-state index contributed by atoms with van der Waals surface area (Å²) in [7, 11) is 0. The maximum atomic E-state index is 2.34. The molecule has 312 valence electrons. The molecule has 0 fully saturated rings. The summed E-state index contributed by atoms with van der Waals surface area (Å²) in [4.78, 5) is 2.34. The second kappa shape index (κ2) is 20.3. The van der Waals surface area contributed by atoms with Gasteiger partial charge in [-0.25, -0.2) is 0 Å². The van der Waals surface area contributed by atoms with Crippen molar-refractivity contribution in [2.75, 3.05) is 4.90 Å². The van der Waals surface area contributed by atoms with Gasteiger partial charge in [-0.15, -0.1) is 0 Å². The third kappa shape index (κ3) is 10.5. The van der Waals surface area contributed by atoms with Gasteiger partial charge in [0, 0.05) is 17.1 Å². The Morgan fingerprint density at radius 2 is 0.585 bits per heavy atom. The molecule has 1 nitrogen and oxygen atoms in total. The average molecular weight is 834 g/mol. The van der Waals surface area contributed by atoms with E-state index in [0.717, 1.165) is 33.8 Å². The molecule has 9 rings (SSSR count). The molecule has 0 amide bonds. The van der Waals surface area contributed by atoms with Crippen LogP contribution >= 0.6 is 0 Å². The van der Waals surface area contributed by atoms with Crippen LogP contribution < -0.4 is 4.90 Å². The Kier molecular flexibility index (Phi) is 13.1. The predicted molar refractivity (Wildman–Crippen MR) is 279 cm³/mol. The zero-order chi connectivity index (χ0) is 44.2. The lowest BCUT2D eigenvalue weighted by Crippen LogP contribution is -2.09. The van der Waals surface area contributed by atoms with Gasteiger partial charge in [-0.3, -0.25) is 0 Å². The Morgan fingerprint density at radius 1 is 0.292 bits per heavy atom. The first-order chi connectivity index (χ1) is 32.0. The molecule has 0 bridgehead atoms. The minimum absolute atomic E-state index is 1.08. The van der Waals surface area contributed by atoms with Crippen molar-refractivity contribution in [1.82, 2.24) is 0 Å². The molecule has 9 aromatic rings. The minimum atomic E-state index is 1.08. The van der Waals surface area contributed by atoms with Crippen molar-refractivity contribution in [1.29, 1.82) is 0 Å². The van der Waals surface area contributed by atoms with Crippen LogP contribution in [0.25, 0.3) is 34.9 Å². The number of allylic oxidation sites excluding steroid dienone is 2. The fraction of sp³-hybridized carbons (Fsp3) is 0.0312. The van der Waals surface area contributed by atoms with Crippen LogP contribution in [0.4, 0.5) is 17.1 Å². The first-order valence-corrected chi connectivity index (χ1v) is 22.3. The van der Waals surface area contributed by atoms with Crippen LogP contribution in [0.15, 0.2) is 255 Å². The average Bonchev–Trinajstić information content (AvgIpc) is 3.37. The van der Waals surface area contributed by atoms with Gasteiger partial charge in [-0.05, 0) is 129 Å². The molecule has 0 spiro atoms. The summed E-state index contributed by atoms with van der Waals surface area (Å²) >= 11 is 0. The highest BCUT2D eigenvalue weighted by Gasteiger charge is 2.14. The molecular formula is C64H51N. The van der Waals surface area contributed by atoms with Crippen LogP contribution in [0.3, 0.4) is 0 Å². The summed E-state index contributed by atoms with van der Waals surface area (Å²) in [5.74, 6) is 0. The van der Waals surface area contributed by atoms with E-state index in [1.807, 2.05) is 0 Å². The van der Waals surface area contributed by atoms with Gasteiger partial charge in [0.1, 0.15) is 0 Å². The quantitative estimate of drug-likeness (QED) is 0.0826. The van der Waals surface area contributed by atoms with E-state index in [9.17, 15) is 0 Å². The van der Waals surface area contributed by atoms with E-state index in [1.165, 1.54) is 61.2 Å². The topological polar surface area (TPSA) is 3.24 Å². The second-order valence-electron chi connectivity index (χ2n) is 16.4. The largest absolute Gasteiger partial charge is 0.311 e. The third-order valence-electron chi connectivity index (χ3n) is 11.7. The van der Waals surface area contributed by atoms with Crippen LogP contribution in [0.2, 0.25) is 0 Å². The standard InChI is InChI=1S/C64H51N/c1-48-26-36-57(37-27-48)62(58-38-28-49(2)29-39-58)25-15-16-50-30-40-59(41-31-50)65(60-42-32-51(33-43-60)46-63(53-17-7-3-8-18-53)54-19-9-4-10-20-54)61-44-34-52(35-45-61)47-64(55-21-11-5-12-22-55)56-23-13-6-14-24-56/h3-47H,1-2H3. The number of nitrogens with zero attached hydrogens (tertiary/aromatic N) is 1. The molecule has 0 heterocycles. The van der Waals surface area contributed by atoms with Gasteiger partial charge in [-0.2, -0.15) is 0 Å². The number of hydrogen-bond acceptors (Lipinski definition) is 1. The molecule has 0 unspecified atom stereocenters. The Morgan fingerprint density at radius 3 is 0.908 bits per heavy atom. The van der Waals surface area contributed by atoms with E-state index < -0.39 is 0 Å². The van der Waals surface area contributed by atoms with E-state index in [0.29, 0.717) is 0 Å². The van der Waals surface area contributed by atoms with Crippen LogP contribution in [0, 0.1) is 13.8 Å². The molecule has 0 aromatic heterocycles. The molecule has 9 aromatic carbocycles. The molecule has 0 aliphatic heterocycles. The van der Waals surface area contributed by atoms with E-state index in [2.05, 4.69) is 292 Å². The normalized spacial score (nSPS) is 10.9. The van der Waals surface area contributed by atoms with Crippen LogP contribution in [-0.2, 0) is 0 Å². The number of aryl methyl sites for hydroxylation is 2. The van der Waals surface area contributed by atoms with Gasteiger partial charge in [-0.1, -0.05) is 236 Å². The summed E-state index contributed by atoms with van der Waals surface area (Å²) in [5.41, 5.74) is 19.9. The first kappa shape index (κ1) is 42.1. The van der Waals surface area contributed by atoms with Gasteiger partial charge in [0.25, 0.3) is 0 Å². The SMILES string of the molecule is Cc1ccc(C(=CC=Cc2ccc(N(c3ccc(C=C(c4ccccc4)c4ccccc4)cc3)c3ccc(C=C(c4ccccc4)c4ccccc4)cc3)cc2)c2ccc(C)cc2)cc1. The monoisotopic (exact) mass is 833 g/mol. The molecule has 0 aliphatic carbocycles. The molecular weight excluding hydrogens is 783 g/mol. The summed E-state index contributed by atoms with van der Waals surface area (Å²) in [5, 5.41) is 0. The van der Waals surface area contributed by atoms with E-state index in [-0.39, 0.29) is 0 Å². The van der Waals surface area contributed by atoms with Crippen molar-refractivity contribution in [3.05, 3.63) is 316 Å². The Bertz CT molecular complexity index is 2780. The minimum Gasteiger partial charge on any atom is -0.311 e. The van der Waals surface area contributed by atoms with Crippen molar-refractivity contribution in [3.8, 4) is 0 Å². The fourth-order valence-corrected chi connectivity index (χ4v) is 8.17. The lowest BCUT2D eigenvalue weighted by Gasteiger charge is -2.26. The smallest absolute Gasteiger partial charge is 0.0462 e. The van der Waals surface area contributed by atoms with Crippen molar-refractivity contribution < 1.29 is 0 Å². The van der Waals surface area contributed by atoms with E-state index >= 15 is 0 Å². The number of anilines is 3. The summed E-state index contributed by atoms with van der Waals surface area (Å²) in [6.45, 7) is 4.26. The van der Waals surface area contributed by atoms with Gasteiger partial charge < -0.3 is 4.90 Å². The zero-order valence-electron chi connectivity index (χ0n) is 36.9. The van der Waals surface area contributed by atoms with Crippen LogP contribution in [0.5, 0.6) is 0 Å². The summed E-state index contributed by atoms with van der Waals surface area (Å²) in [6, 6.07) is 86.7. The highest BCUT2D eigenvalue weighted by Crippen LogP contribution is 2.37. The van der Waals surface area contributed by atoms with Gasteiger partial charge >= 0.3 is 0 Å². The molecule has 0 N–H and O–H groups in total. The Labute approximate surface area is 385 Å². The van der Waals surface area contributed by atoms with E-state index in [4.69, 9.17) is 0 Å². The molecule has 0 radical (unpaired) electrons.